The van der Waals surface area contributed by atoms with Crippen molar-refractivity contribution in [2.75, 3.05) is 26.2 Å². The number of carbonyl (C=O) groups excluding carboxylic acids is 1. The highest BCUT2D eigenvalue weighted by molar-refractivity contribution is 7.89. The molecule has 5 rings (SSSR count). The third-order valence-electron chi connectivity index (χ3n) is 6.35. The number of ether oxygens (including phenoxy) is 1. The van der Waals surface area contributed by atoms with E-state index >= 15 is 0 Å². The van der Waals surface area contributed by atoms with E-state index in [0.717, 1.165) is 11.1 Å². The maximum atomic E-state index is 13.2. The Hall–Kier alpha value is -4.08. The van der Waals surface area contributed by atoms with E-state index in [0.29, 0.717) is 22.9 Å². The zero-order valence-electron chi connectivity index (χ0n) is 20.7. The molecule has 1 saturated heterocycles. The number of hydrogen-bond acceptors (Lipinski definition) is 5. The normalized spacial score (nSPS) is 14.3. The van der Waals surface area contributed by atoms with Gasteiger partial charge in [0.1, 0.15) is 23.0 Å². The van der Waals surface area contributed by atoms with Crippen molar-refractivity contribution in [3.8, 4) is 22.8 Å². The molecule has 194 valence electrons. The zero-order chi connectivity index (χ0) is 26.7. The van der Waals surface area contributed by atoms with Crippen LogP contribution in [0.3, 0.4) is 0 Å². The second kappa shape index (κ2) is 10.7. The van der Waals surface area contributed by atoms with Gasteiger partial charge in [0.2, 0.25) is 10.0 Å². The molecule has 0 bridgehead atoms. The fourth-order valence-electron chi connectivity index (χ4n) is 4.20. The van der Waals surface area contributed by atoms with Gasteiger partial charge >= 0.3 is 0 Å². The highest BCUT2D eigenvalue weighted by Crippen LogP contribution is 2.26. The number of sulfonamides is 1. The summed E-state index contributed by atoms with van der Waals surface area (Å²) >= 11 is 0. The van der Waals surface area contributed by atoms with Crippen LogP contribution in [0.5, 0.6) is 11.5 Å². The first-order chi connectivity index (χ1) is 18.3. The maximum Gasteiger partial charge on any atom is 0.272 e. The van der Waals surface area contributed by atoms with Gasteiger partial charge in [-0.2, -0.15) is 4.31 Å². The molecule has 0 atom stereocenters. The van der Waals surface area contributed by atoms with Crippen LogP contribution in [0.2, 0.25) is 0 Å². The second-order valence-corrected chi connectivity index (χ2v) is 10.9. The van der Waals surface area contributed by atoms with Crippen LogP contribution < -0.4 is 4.74 Å². The third kappa shape index (κ3) is 5.58. The molecule has 2 heterocycles. The van der Waals surface area contributed by atoms with Crippen LogP contribution in [0.1, 0.15) is 16.1 Å². The molecule has 3 aromatic carbocycles. The van der Waals surface area contributed by atoms with Crippen molar-refractivity contribution in [2.45, 2.75) is 11.8 Å². The van der Waals surface area contributed by atoms with Crippen LogP contribution in [0.15, 0.2) is 95.9 Å². The summed E-state index contributed by atoms with van der Waals surface area (Å²) in [6.07, 6.45) is 0. The highest BCUT2D eigenvalue weighted by atomic mass is 32.2. The predicted octanol–water partition coefficient (Wildman–Crippen LogP) is 5.14. The number of carbonyl (C=O) groups is 1. The molecule has 0 spiro atoms. The first-order valence-electron chi connectivity index (χ1n) is 12.2. The molecule has 1 aliphatic heterocycles. The van der Waals surface area contributed by atoms with Gasteiger partial charge in [0.05, 0.1) is 10.6 Å². The van der Waals surface area contributed by atoms with Crippen molar-refractivity contribution < 1.29 is 22.3 Å². The van der Waals surface area contributed by atoms with Crippen molar-refractivity contribution in [1.29, 1.82) is 0 Å². The van der Waals surface area contributed by atoms with Crippen molar-refractivity contribution in [3.63, 3.8) is 0 Å². The minimum atomic E-state index is -3.61. The van der Waals surface area contributed by atoms with Gasteiger partial charge in [-0.1, -0.05) is 23.8 Å². The fourth-order valence-corrected chi connectivity index (χ4v) is 5.62. The van der Waals surface area contributed by atoms with Crippen LogP contribution in [0.25, 0.3) is 11.3 Å². The van der Waals surface area contributed by atoms with Crippen LogP contribution in [-0.4, -0.2) is 54.7 Å². The van der Waals surface area contributed by atoms with Crippen LogP contribution in [-0.2, 0) is 10.0 Å². The van der Waals surface area contributed by atoms with Crippen LogP contribution in [0.4, 0.5) is 4.39 Å². The summed E-state index contributed by atoms with van der Waals surface area (Å²) in [5.74, 6) is 0.542. The Kier molecular flexibility index (Phi) is 7.22. The number of aromatic nitrogens is 1. The minimum absolute atomic E-state index is 0.219. The molecule has 7 nitrogen and oxygen atoms in total. The second-order valence-electron chi connectivity index (χ2n) is 9.00. The number of pyridine rings is 1. The van der Waals surface area contributed by atoms with E-state index in [1.165, 1.54) is 16.4 Å². The van der Waals surface area contributed by atoms with Crippen LogP contribution >= 0.6 is 0 Å². The van der Waals surface area contributed by atoms with Crippen LogP contribution in [0, 0.1) is 12.7 Å². The lowest BCUT2D eigenvalue weighted by Gasteiger charge is -2.33. The Bertz CT molecular complexity index is 1530. The molecule has 0 N–H and O–H groups in total. The van der Waals surface area contributed by atoms with Gasteiger partial charge in [0, 0.05) is 31.7 Å². The number of benzene rings is 3. The van der Waals surface area contributed by atoms with Crippen molar-refractivity contribution >= 4 is 15.9 Å². The predicted molar refractivity (Wildman–Crippen MR) is 142 cm³/mol. The Balaban J connectivity index is 1.23. The summed E-state index contributed by atoms with van der Waals surface area (Å²) in [5.41, 5.74) is 2.72. The molecular weight excluding hydrogens is 505 g/mol. The summed E-state index contributed by atoms with van der Waals surface area (Å²) in [6, 6.07) is 25.0. The molecule has 4 aromatic rings. The quantitative estimate of drug-likeness (QED) is 0.345. The van der Waals surface area contributed by atoms with Gasteiger partial charge in [-0.3, -0.25) is 4.79 Å². The van der Waals surface area contributed by atoms with E-state index in [4.69, 9.17) is 4.74 Å². The average molecular weight is 532 g/mol. The lowest BCUT2D eigenvalue weighted by atomic mass is 10.1. The average Bonchev–Trinajstić information content (AvgIpc) is 2.95. The number of nitrogens with zero attached hydrogens (tertiary/aromatic N) is 3. The van der Waals surface area contributed by atoms with E-state index in [-0.39, 0.29) is 42.8 Å². The van der Waals surface area contributed by atoms with Gasteiger partial charge in [0.15, 0.2) is 0 Å². The Morgan fingerprint density at radius 2 is 1.42 bits per heavy atom. The standard InChI is InChI=1S/C29H26FN3O4S/c1-21-5-15-26(16-6-21)38(35,36)33-19-17-32(18-20-33)29(34)28-4-2-3-27(31-28)22-7-11-24(12-8-22)37-25-13-9-23(30)10-14-25/h2-16H,17-20H2,1H3. The first-order valence-corrected chi connectivity index (χ1v) is 13.6. The SMILES string of the molecule is Cc1ccc(S(=O)(=O)N2CCN(C(=O)c3cccc(-c4ccc(Oc5ccc(F)cc5)cc4)n3)CC2)cc1. The molecule has 0 saturated carbocycles. The zero-order valence-corrected chi connectivity index (χ0v) is 21.6. The summed E-state index contributed by atoms with van der Waals surface area (Å²) in [5, 5.41) is 0. The highest BCUT2D eigenvalue weighted by Gasteiger charge is 2.30. The molecule has 9 heteroatoms. The van der Waals surface area contributed by atoms with E-state index in [1.807, 2.05) is 25.1 Å². The van der Waals surface area contributed by atoms with E-state index in [2.05, 4.69) is 4.98 Å². The molecule has 1 aromatic heterocycles. The number of aryl methyl sites for hydroxylation is 1. The minimum Gasteiger partial charge on any atom is -0.457 e. The number of piperazine rings is 1. The van der Waals surface area contributed by atoms with E-state index in [9.17, 15) is 17.6 Å². The van der Waals surface area contributed by atoms with Gasteiger partial charge in [-0.25, -0.2) is 17.8 Å². The Labute approximate surface area is 221 Å². The maximum absolute atomic E-state index is 13.2. The van der Waals surface area contributed by atoms with E-state index in [1.54, 1.807) is 65.6 Å². The number of halogens is 1. The molecule has 0 aliphatic carbocycles. The third-order valence-corrected chi connectivity index (χ3v) is 8.27. The molecule has 0 unspecified atom stereocenters. The molecular formula is C29H26FN3O4S. The lowest BCUT2D eigenvalue weighted by Crippen LogP contribution is -2.50. The van der Waals surface area contributed by atoms with Crippen molar-refractivity contribution in [1.82, 2.24) is 14.2 Å². The number of rotatable bonds is 6. The molecule has 1 fully saturated rings. The molecule has 38 heavy (non-hydrogen) atoms. The van der Waals surface area contributed by atoms with Gasteiger partial charge < -0.3 is 9.64 Å². The van der Waals surface area contributed by atoms with E-state index < -0.39 is 10.0 Å². The number of amides is 1. The Morgan fingerprint density at radius 3 is 2.05 bits per heavy atom. The largest absolute Gasteiger partial charge is 0.457 e. The first kappa shape index (κ1) is 25.6. The monoisotopic (exact) mass is 531 g/mol. The molecule has 1 amide bonds. The lowest BCUT2D eigenvalue weighted by molar-refractivity contribution is 0.0692. The fraction of sp³-hybridized carbons (Fsp3) is 0.172. The van der Waals surface area contributed by atoms with Gasteiger partial charge in [-0.05, 0) is 79.7 Å². The summed E-state index contributed by atoms with van der Waals surface area (Å²) in [6.45, 7) is 2.91. The Morgan fingerprint density at radius 1 is 0.816 bits per heavy atom. The van der Waals surface area contributed by atoms with Crippen molar-refractivity contribution in [3.05, 3.63) is 108 Å². The molecule has 0 radical (unpaired) electrons. The summed E-state index contributed by atoms with van der Waals surface area (Å²) < 4.78 is 46.2. The van der Waals surface area contributed by atoms with Gasteiger partial charge in [-0.15, -0.1) is 0 Å². The van der Waals surface area contributed by atoms with Crippen molar-refractivity contribution in [2.24, 2.45) is 0 Å². The number of hydrogen-bond donors (Lipinski definition) is 0. The summed E-state index contributed by atoms with van der Waals surface area (Å²) in [4.78, 5) is 19.6. The van der Waals surface area contributed by atoms with Gasteiger partial charge in [0.25, 0.3) is 5.91 Å². The topological polar surface area (TPSA) is 79.8 Å². The molecule has 1 aliphatic rings. The summed E-state index contributed by atoms with van der Waals surface area (Å²) in [7, 11) is -3.61. The smallest absolute Gasteiger partial charge is 0.272 e.